The minimum Gasteiger partial charge on any atom is -0.394 e. The molecule has 6 nitrogen and oxygen atoms in total. The largest absolute Gasteiger partial charge is 0.394 e. The molecule has 140 valence electrons. The lowest BCUT2D eigenvalue weighted by atomic mass is 9.98. The summed E-state index contributed by atoms with van der Waals surface area (Å²) in [5.74, 6) is 0. The quantitative estimate of drug-likeness (QED) is 0.688. The van der Waals surface area contributed by atoms with E-state index in [1.165, 1.54) is 0 Å². The smallest absolute Gasteiger partial charge is 0.184 e. The zero-order chi connectivity index (χ0) is 18.4. The van der Waals surface area contributed by atoms with Crippen molar-refractivity contribution in [2.45, 2.75) is 43.9 Å². The summed E-state index contributed by atoms with van der Waals surface area (Å²) < 4.78 is 17.1. The first kappa shape index (κ1) is 19.0. The van der Waals surface area contributed by atoms with Gasteiger partial charge >= 0.3 is 0 Å². The van der Waals surface area contributed by atoms with Crippen LogP contribution in [-0.2, 0) is 27.4 Å². The maximum atomic E-state index is 10.3. The SMILES string of the molecule is OC[C@H]1OC(O)[C@H](O)[C@@H](OCc2ccccc2)[C@@H]1OCc1ccccc1. The Morgan fingerprint density at radius 3 is 1.77 bits per heavy atom. The zero-order valence-corrected chi connectivity index (χ0v) is 14.3. The average molecular weight is 360 g/mol. The van der Waals surface area contributed by atoms with Gasteiger partial charge in [0.1, 0.15) is 24.4 Å². The lowest BCUT2D eigenvalue weighted by molar-refractivity contribution is -0.305. The second-order valence-electron chi connectivity index (χ2n) is 6.26. The van der Waals surface area contributed by atoms with Crippen molar-refractivity contribution in [1.29, 1.82) is 0 Å². The summed E-state index contributed by atoms with van der Waals surface area (Å²) in [5.41, 5.74) is 1.88. The maximum absolute atomic E-state index is 10.3. The Kier molecular flexibility index (Phi) is 6.73. The van der Waals surface area contributed by atoms with Crippen LogP contribution in [0.3, 0.4) is 0 Å². The van der Waals surface area contributed by atoms with E-state index in [4.69, 9.17) is 14.2 Å². The van der Waals surface area contributed by atoms with E-state index in [1.54, 1.807) is 0 Å². The molecule has 5 atom stereocenters. The zero-order valence-electron chi connectivity index (χ0n) is 14.3. The van der Waals surface area contributed by atoms with Crippen molar-refractivity contribution in [3.8, 4) is 0 Å². The van der Waals surface area contributed by atoms with E-state index in [-0.39, 0.29) is 19.8 Å². The molecule has 6 heteroatoms. The monoisotopic (exact) mass is 360 g/mol. The van der Waals surface area contributed by atoms with Crippen LogP contribution >= 0.6 is 0 Å². The number of benzene rings is 2. The summed E-state index contributed by atoms with van der Waals surface area (Å²) in [6.07, 6.45) is -5.06. The Morgan fingerprint density at radius 2 is 1.27 bits per heavy atom. The van der Waals surface area contributed by atoms with Gasteiger partial charge in [0.05, 0.1) is 19.8 Å². The molecule has 0 spiro atoms. The van der Waals surface area contributed by atoms with Crippen molar-refractivity contribution in [1.82, 2.24) is 0 Å². The number of ether oxygens (including phenoxy) is 3. The van der Waals surface area contributed by atoms with Crippen molar-refractivity contribution in [2.24, 2.45) is 0 Å². The Labute approximate surface area is 152 Å². The van der Waals surface area contributed by atoms with Gasteiger partial charge in [-0.15, -0.1) is 0 Å². The number of hydrogen-bond donors (Lipinski definition) is 3. The third-order valence-electron chi connectivity index (χ3n) is 4.38. The van der Waals surface area contributed by atoms with Gasteiger partial charge in [0.15, 0.2) is 6.29 Å². The highest BCUT2D eigenvalue weighted by molar-refractivity contribution is 5.14. The van der Waals surface area contributed by atoms with Crippen LogP contribution in [0.1, 0.15) is 11.1 Å². The highest BCUT2D eigenvalue weighted by Crippen LogP contribution is 2.26. The van der Waals surface area contributed by atoms with Gasteiger partial charge in [0, 0.05) is 0 Å². The van der Waals surface area contributed by atoms with Crippen molar-refractivity contribution in [3.05, 3.63) is 71.8 Å². The van der Waals surface area contributed by atoms with Crippen LogP contribution in [0.2, 0.25) is 0 Å². The van der Waals surface area contributed by atoms with Crippen molar-refractivity contribution in [3.63, 3.8) is 0 Å². The highest BCUT2D eigenvalue weighted by Gasteiger charge is 2.46. The fourth-order valence-electron chi connectivity index (χ4n) is 2.98. The van der Waals surface area contributed by atoms with Crippen LogP contribution in [-0.4, -0.2) is 52.6 Å². The van der Waals surface area contributed by atoms with Crippen LogP contribution in [0.25, 0.3) is 0 Å². The lowest BCUT2D eigenvalue weighted by Gasteiger charge is -2.42. The molecule has 3 N–H and O–H groups in total. The summed E-state index contributed by atoms with van der Waals surface area (Å²) in [6, 6.07) is 19.1. The minimum absolute atomic E-state index is 0.249. The topological polar surface area (TPSA) is 88.4 Å². The first-order valence-corrected chi connectivity index (χ1v) is 8.62. The normalized spacial score (nSPS) is 28.8. The Morgan fingerprint density at radius 1 is 0.769 bits per heavy atom. The van der Waals surface area contributed by atoms with E-state index in [2.05, 4.69) is 0 Å². The van der Waals surface area contributed by atoms with Crippen LogP contribution in [0.4, 0.5) is 0 Å². The molecule has 1 unspecified atom stereocenters. The summed E-state index contributed by atoms with van der Waals surface area (Å²) in [4.78, 5) is 0. The third-order valence-corrected chi connectivity index (χ3v) is 4.38. The molecule has 26 heavy (non-hydrogen) atoms. The standard InChI is InChI=1S/C20H24O6/c21-11-16-18(24-12-14-7-3-1-4-8-14)19(17(22)20(23)26-16)25-13-15-9-5-2-6-10-15/h1-10,16-23H,11-13H2/t16-,17-,18-,19-,20?/m1/s1. The molecule has 2 aromatic carbocycles. The lowest BCUT2D eigenvalue weighted by Crippen LogP contribution is -2.60. The molecule has 1 heterocycles. The van der Waals surface area contributed by atoms with E-state index in [0.29, 0.717) is 0 Å². The molecule has 1 fully saturated rings. The van der Waals surface area contributed by atoms with Gasteiger partial charge < -0.3 is 29.5 Å². The molecule has 0 aromatic heterocycles. The Hall–Kier alpha value is -1.80. The van der Waals surface area contributed by atoms with Gasteiger partial charge in [-0.1, -0.05) is 60.7 Å². The number of rotatable bonds is 7. The molecular weight excluding hydrogens is 336 g/mol. The Bertz CT molecular complexity index is 606. The van der Waals surface area contributed by atoms with E-state index >= 15 is 0 Å². The minimum atomic E-state index is -1.44. The molecule has 0 amide bonds. The number of aliphatic hydroxyl groups is 3. The van der Waals surface area contributed by atoms with E-state index < -0.39 is 30.7 Å². The van der Waals surface area contributed by atoms with Crippen LogP contribution < -0.4 is 0 Å². The van der Waals surface area contributed by atoms with Crippen LogP contribution in [0.5, 0.6) is 0 Å². The molecule has 2 aromatic rings. The van der Waals surface area contributed by atoms with Crippen molar-refractivity contribution in [2.75, 3.05) is 6.61 Å². The molecular formula is C20H24O6. The van der Waals surface area contributed by atoms with Crippen LogP contribution in [0.15, 0.2) is 60.7 Å². The second kappa shape index (κ2) is 9.23. The van der Waals surface area contributed by atoms with E-state index in [1.807, 2.05) is 60.7 Å². The molecule has 0 radical (unpaired) electrons. The first-order chi connectivity index (χ1) is 12.7. The molecule has 0 bridgehead atoms. The van der Waals surface area contributed by atoms with Gasteiger partial charge in [-0.05, 0) is 11.1 Å². The highest BCUT2D eigenvalue weighted by atomic mass is 16.7. The van der Waals surface area contributed by atoms with E-state index in [0.717, 1.165) is 11.1 Å². The maximum Gasteiger partial charge on any atom is 0.184 e. The summed E-state index contributed by atoms with van der Waals surface area (Å²) in [7, 11) is 0. The number of aliphatic hydroxyl groups excluding tert-OH is 3. The predicted octanol–water partition coefficient (Wildman–Crippen LogP) is 1.23. The van der Waals surface area contributed by atoms with Crippen LogP contribution in [0, 0.1) is 0 Å². The fraction of sp³-hybridized carbons (Fsp3) is 0.400. The first-order valence-electron chi connectivity index (χ1n) is 8.62. The molecule has 1 aliphatic heterocycles. The molecule has 0 aliphatic carbocycles. The molecule has 0 saturated carbocycles. The van der Waals surface area contributed by atoms with Gasteiger partial charge in [-0.2, -0.15) is 0 Å². The molecule has 1 saturated heterocycles. The summed E-state index contributed by atoms with van der Waals surface area (Å²) in [6.45, 7) is 0.173. The van der Waals surface area contributed by atoms with Gasteiger partial charge in [0.25, 0.3) is 0 Å². The van der Waals surface area contributed by atoms with Gasteiger partial charge in [-0.3, -0.25) is 0 Å². The van der Waals surface area contributed by atoms with Crippen molar-refractivity contribution >= 4 is 0 Å². The number of hydrogen-bond acceptors (Lipinski definition) is 6. The molecule has 1 aliphatic rings. The predicted molar refractivity (Wildman–Crippen MR) is 94.0 cm³/mol. The van der Waals surface area contributed by atoms with Gasteiger partial charge in [-0.25, -0.2) is 0 Å². The molecule has 3 rings (SSSR count). The average Bonchev–Trinajstić information content (AvgIpc) is 2.69. The second-order valence-corrected chi connectivity index (χ2v) is 6.26. The van der Waals surface area contributed by atoms with Gasteiger partial charge in [0.2, 0.25) is 0 Å². The third kappa shape index (κ3) is 4.67. The Balaban J connectivity index is 1.71. The van der Waals surface area contributed by atoms with Crippen molar-refractivity contribution < 1.29 is 29.5 Å². The fourth-order valence-corrected chi connectivity index (χ4v) is 2.98. The summed E-state index contributed by atoms with van der Waals surface area (Å²) >= 11 is 0. The summed E-state index contributed by atoms with van der Waals surface area (Å²) in [5, 5.41) is 29.9. The van der Waals surface area contributed by atoms with E-state index in [9.17, 15) is 15.3 Å².